The van der Waals surface area contributed by atoms with Gasteiger partial charge in [-0.3, -0.25) is 0 Å². The van der Waals surface area contributed by atoms with Crippen LogP contribution < -0.4 is 0 Å². The Hall–Kier alpha value is -3.47. The van der Waals surface area contributed by atoms with Crippen LogP contribution in [0.5, 0.6) is 0 Å². The van der Waals surface area contributed by atoms with Crippen molar-refractivity contribution in [2.24, 2.45) is 0 Å². The summed E-state index contributed by atoms with van der Waals surface area (Å²) in [7, 11) is 0. The number of nitrogens with zero attached hydrogens (tertiary/aromatic N) is 5. The molecule has 0 aliphatic heterocycles. The number of rotatable bonds is 4. The van der Waals surface area contributed by atoms with Crippen molar-refractivity contribution in [2.45, 2.75) is 26.9 Å². The standard InChI is InChI=1S/C23H21N5/c1-3-27-20-14-7-5-10-16(20)25-22(27)18-12-9-13-19(24-18)23-26-17-11-6-8-15-21(17)28(23)4-2/h5-15H,3-4H2,1-2H3. The van der Waals surface area contributed by atoms with Crippen LogP contribution in [0.2, 0.25) is 0 Å². The largest absolute Gasteiger partial charge is 0.323 e. The molecule has 5 heteroatoms. The Morgan fingerprint density at radius 1 is 0.571 bits per heavy atom. The van der Waals surface area contributed by atoms with Crippen LogP contribution in [-0.4, -0.2) is 24.1 Å². The molecular formula is C23H21N5. The van der Waals surface area contributed by atoms with Crippen molar-refractivity contribution < 1.29 is 0 Å². The molecule has 5 nitrogen and oxygen atoms in total. The summed E-state index contributed by atoms with van der Waals surface area (Å²) in [6, 6.07) is 22.5. The summed E-state index contributed by atoms with van der Waals surface area (Å²) in [5.74, 6) is 1.79. The molecule has 28 heavy (non-hydrogen) atoms. The van der Waals surface area contributed by atoms with Crippen LogP contribution >= 0.6 is 0 Å². The highest BCUT2D eigenvalue weighted by Crippen LogP contribution is 2.27. The summed E-state index contributed by atoms with van der Waals surface area (Å²) >= 11 is 0. The lowest BCUT2D eigenvalue weighted by atomic mass is 10.2. The van der Waals surface area contributed by atoms with Gasteiger partial charge in [0.1, 0.15) is 11.4 Å². The van der Waals surface area contributed by atoms with Crippen molar-refractivity contribution >= 4 is 22.1 Å². The summed E-state index contributed by atoms with van der Waals surface area (Å²) in [4.78, 5) is 14.6. The number of imidazole rings is 2. The van der Waals surface area contributed by atoms with E-state index < -0.39 is 0 Å². The summed E-state index contributed by atoms with van der Waals surface area (Å²) in [6.45, 7) is 5.96. The van der Waals surface area contributed by atoms with Gasteiger partial charge in [0.25, 0.3) is 0 Å². The minimum Gasteiger partial charge on any atom is -0.323 e. The number of pyridine rings is 1. The Balaban J connectivity index is 1.70. The van der Waals surface area contributed by atoms with Gasteiger partial charge >= 0.3 is 0 Å². The van der Waals surface area contributed by atoms with Crippen molar-refractivity contribution in [3.05, 3.63) is 66.7 Å². The molecule has 3 aromatic heterocycles. The molecule has 0 atom stereocenters. The molecule has 138 valence electrons. The van der Waals surface area contributed by atoms with E-state index in [2.05, 4.69) is 35.1 Å². The molecule has 5 rings (SSSR count). The molecule has 0 fully saturated rings. The highest BCUT2D eigenvalue weighted by molar-refractivity contribution is 5.82. The van der Waals surface area contributed by atoms with Gasteiger partial charge in [-0.1, -0.05) is 30.3 Å². The second-order valence-corrected chi connectivity index (χ2v) is 6.74. The second kappa shape index (κ2) is 6.60. The molecule has 0 amide bonds. The third-order valence-electron chi connectivity index (χ3n) is 5.15. The van der Waals surface area contributed by atoms with Gasteiger partial charge < -0.3 is 9.13 Å². The number of para-hydroxylation sites is 4. The minimum atomic E-state index is 0.842. The lowest BCUT2D eigenvalue weighted by Crippen LogP contribution is -2.02. The second-order valence-electron chi connectivity index (χ2n) is 6.74. The first-order valence-corrected chi connectivity index (χ1v) is 9.68. The van der Waals surface area contributed by atoms with Gasteiger partial charge in [0.2, 0.25) is 0 Å². The molecule has 0 saturated carbocycles. The number of hydrogen-bond donors (Lipinski definition) is 0. The molecule has 2 aromatic carbocycles. The highest BCUT2D eigenvalue weighted by atomic mass is 15.1. The van der Waals surface area contributed by atoms with Crippen molar-refractivity contribution in [2.75, 3.05) is 0 Å². The molecule has 0 N–H and O–H groups in total. The monoisotopic (exact) mass is 367 g/mol. The number of hydrogen-bond acceptors (Lipinski definition) is 3. The van der Waals surface area contributed by atoms with Crippen molar-refractivity contribution in [1.29, 1.82) is 0 Å². The number of aromatic nitrogens is 5. The van der Waals surface area contributed by atoms with E-state index in [0.717, 1.165) is 58.2 Å². The summed E-state index contributed by atoms with van der Waals surface area (Å²) in [6.07, 6.45) is 0. The zero-order valence-electron chi connectivity index (χ0n) is 16.0. The van der Waals surface area contributed by atoms with Crippen LogP contribution in [-0.2, 0) is 13.1 Å². The maximum atomic E-state index is 4.95. The normalized spacial score (nSPS) is 11.5. The Bertz CT molecular complexity index is 1200. The zero-order valence-corrected chi connectivity index (χ0v) is 16.0. The average molecular weight is 367 g/mol. The molecule has 5 aromatic rings. The Morgan fingerprint density at radius 3 is 1.50 bits per heavy atom. The minimum absolute atomic E-state index is 0.842. The maximum absolute atomic E-state index is 4.95. The van der Waals surface area contributed by atoms with Gasteiger partial charge in [-0.2, -0.15) is 0 Å². The average Bonchev–Trinajstić information content (AvgIpc) is 3.32. The van der Waals surface area contributed by atoms with E-state index in [0.29, 0.717) is 0 Å². The third kappa shape index (κ3) is 2.51. The van der Waals surface area contributed by atoms with Crippen LogP contribution in [0.1, 0.15) is 13.8 Å². The smallest absolute Gasteiger partial charge is 0.159 e. The lowest BCUT2D eigenvalue weighted by molar-refractivity contribution is 0.788. The van der Waals surface area contributed by atoms with Gasteiger partial charge in [0.15, 0.2) is 11.6 Å². The number of aryl methyl sites for hydroxylation is 2. The van der Waals surface area contributed by atoms with Gasteiger partial charge in [0, 0.05) is 13.1 Å². The van der Waals surface area contributed by atoms with Crippen LogP contribution in [0.3, 0.4) is 0 Å². The predicted molar refractivity (Wildman–Crippen MR) is 113 cm³/mol. The fraction of sp³-hybridized carbons (Fsp3) is 0.174. The summed E-state index contributed by atoms with van der Waals surface area (Å²) in [5.41, 5.74) is 5.98. The lowest BCUT2D eigenvalue weighted by Gasteiger charge is -2.08. The van der Waals surface area contributed by atoms with E-state index in [-0.39, 0.29) is 0 Å². The summed E-state index contributed by atoms with van der Waals surface area (Å²) in [5, 5.41) is 0. The third-order valence-corrected chi connectivity index (χ3v) is 5.15. The molecule has 0 spiro atoms. The molecule has 0 radical (unpaired) electrons. The van der Waals surface area contributed by atoms with Gasteiger partial charge in [-0.15, -0.1) is 0 Å². The SMILES string of the molecule is CCn1c(-c2cccc(-c3nc4ccccc4n3CC)n2)nc2ccccc21. The topological polar surface area (TPSA) is 48.5 Å². The molecule has 0 aliphatic carbocycles. The fourth-order valence-corrected chi connectivity index (χ4v) is 3.87. The van der Waals surface area contributed by atoms with E-state index in [9.17, 15) is 0 Å². The molecular weight excluding hydrogens is 346 g/mol. The van der Waals surface area contributed by atoms with Crippen molar-refractivity contribution in [1.82, 2.24) is 24.1 Å². The Morgan fingerprint density at radius 2 is 1.04 bits per heavy atom. The van der Waals surface area contributed by atoms with Crippen molar-refractivity contribution in [3.8, 4) is 23.0 Å². The van der Waals surface area contributed by atoms with E-state index in [1.165, 1.54) is 0 Å². The zero-order chi connectivity index (χ0) is 19.1. The highest BCUT2D eigenvalue weighted by Gasteiger charge is 2.16. The van der Waals surface area contributed by atoms with Gasteiger partial charge in [0.05, 0.1) is 22.1 Å². The molecule has 0 saturated heterocycles. The van der Waals surface area contributed by atoms with Crippen LogP contribution in [0.15, 0.2) is 66.7 Å². The summed E-state index contributed by atoms with van der Waals surface area (Å²) < 4.78 is 4.43. The first kappa shape index (κ1) is 16.7. The van der Waals surface area contributed by atoms with E-state index in [1.54, 1.807) is 0 Å². The van der Waals surface area contributed by atoms with E-state index in [1.807, 2.05) is 54.6 Å². The number of benzene rings is 2. The van der Waals surface area contributed by atoms with Crippen LogP contribution in [0, 0.1) is 0 Å². The number of fused-ring (bicyclic) bond motifs is 2. The molecule has 0 aliphatic rings. The van der Waals surface area contributed by atoms with Gasteiger partial charge in [-0.25, -0.2) is 15.0 Å². The Labute approximate surface area is 163 Å². The quantitative estimate of drug-likeness (QED) is 0.441. The maximum Gasteiger partial charge on any atom is 0.159 e. The van der Waals surface area contributed by atoms with Crippen LogP contribution in [0.4, 0.5) is 0 Å². The first-order valence-electron chi connectivity index (χ1n) is 9.68. The molecule has 0 unspecified atom stereocenters. The van der Waals surface area contributed by atoms with E-state index in [4.69, 9.17) is 15.0 Å². The van der Waals surface area contributed by atoms with Gasteiger partial charge in [-0.05, 0) is 50.2 Å². The fourth-order valence-electron chi connectivity index (χ4n) is 3.87. The predicted octanol–water partition coefficient (Wildman–Crippen LogP) is 5.15. The van der Waals surface area contributed by atoms with E-state index >= 15 is 0 Å². The van der Waals surface area contributed by atoms with Crippen molar-refractivity contribution in [3.63, 3.8) is 0 Å². The first-order chi connectivity index (χ1) is 13.8. The Kier molecular flexibility index (Phi) is 3.93. The molecule has 3 heterocycles. The van der Waals surface area contributed by atoms with Crippen LogP contribution in [0.25, 0.3) is 45.1 Å². The molecule has 0 bridgehead atoms.